The number of ether oxygens (including phenoxy) is 2. The number of amides is 1. The van der Waals surface area contributed by atoms with Gasteiger partial charge >= 0.3 is 12.3 Å². The molecule has 0 unspecified atom stereocenters. The molecule has 1 aromatic rings. The maximum atomic E-state index is 12.4. The van der Waals surface area contributed by atoms with Gasteiger partial charge in [0, 0.05) is 25.2 Å². The fourth-order valence-electron chi connectivity index (χ4n) is 2.10. The molecule has 10 heteroatoms. The average molecular weight is 418 g/mol. The first kappa shape index (κ1) is 24.4. The number of hydrogen-bond donors (Lipinski definition) is 3. The van der Waals surface area contributed by atoms with Crippen molar-refractivity contribution in [3.63, 3.8) is 0 Å². The largest absolute Gasteiger partial charge is 0.484 e. The van der Waals surface area contributed by atoms with E-state index in [1.165, 1.54) is 6.07 Å². The standard InChI is InChI=1S/C19H29F3N4O3/c1-5-23-16(24-10-11-25-17(27)29-18(2,3)4)26-12-14-8-6-7-9-15(14)28-13-19(20,21)22/h6-9H,5,10-13H2,1-4H3,(H,25,27)(H2,23,24,26). The summed E-state index contributed by atoms with van der Waals surface area (Å²) in [5.41, 5.74) is -0.0454. The summed E-state index contributed by atoms with van der Waals surface area (Å²) in [6.07, 6.45) is -4.93. The molecule has 0 bridgehead atoms. The van der Waals surface area contributed by atoms with Crippen molar-refractivity contribution in [1.29, 1.82) is 0 Å². The van der Waals surface area contributed by atoms with Crippen LogP contribution in [-0.2, 0) is 11.3 Å². The number of alkyl carbamates (subject to hydrolysis) is 1. The molecule has 0 aliphatic rings. The summed E-state index contributed by atoms with van der Waals surface area (Å²) in [5.74, 6) is 0.597. The predicted molar refractivity (Wildman–Crippen MR) is 105 cm³/mol. The van der Waals surface area contributed by atoms with Crippen molar-refractivity contribution in [3.8, 4) is 5.75 Å². The monoisotopic (exact) mass is 418 g/mol. The lowest BCUT2D eigenvalue weighted by molar-refractivity contribution is -0.153. The number of carbonyl (C=O) groups excluding carboxylic acids is 1. The van der Waals surface area contributed by atoms with E-state index in [0.29, 0.717) is 31.2 Å². The van der Waals surface area contributed by atoms with E-state index in [4.69, 9.17) is 9.47 Å². The third-order valence-corrected chi connectivity index (χ3v) is 3.20. The highest BCUT2D eigenvalue weighted by Gasteiger charge is 2.28. The lowest BCUT2D eigenvalue weighted by Crippen LogP contribution is -2.42. The summed E-state index contributed by atoms with van der Waals surface area (Å²) in [6.45, 7) is 7.27. The van der Waals surface area contributed by atoms with Gasteiger partial charge in [0.05, 0.1) is 6.54 Å². The lowest BCUT2D eigenvalue weighted by atomic mass is 10.2. The van der Waals surface area contributed by atoms with Gasteiger partial charge in [-0.2, -0.15) is 13.2 Å². The quantitative estimate of drug-likeness (QED) is 0.343. The van der Waals surface area contributed by atoms with Crippen LogP contribution in [0.5, 0.6) is 5.75 Å². The number of benzene rings is 1. The molecule has 7 nitrogen and oxygen atoms in total. The van der Waals surface area contributed by atoms with Crippen LogP contribution in [0.4, 0.5) is 18.0 Å². The van der Waals surface area contributed by atoms with Gasteiger partial charge in [-0.15, -0.1) is 0 Å². The summed E-state index contributed by atoms with van der Waals surface area (Å²) < 4.78 is 47.2. The topological polar surface area (TPSA) is 84.0 Å². The first-order chi connectivity index (χ1) is 13.5. The van der Waals surface area contributed by atoms with Crippen molar-refractivity contribution in [2.24, 2.45) is 4.99 Å². The SMILES string of the molecule is CCNC(=NCc1ccccc1OCC(F)(F)F)NCCNC(=O)OC(C)(C)C. The molecular formula is C19H29F3N4O3. The second-order valence-corrected chi connectivity index (χ2v) is 7.06. The number of carbonyl (C=O) groups is 1. The van der Waals surface area contributed by atoms with Crippen molar-refractivity contribution in [3.05, 3.63) is 29.8 Å². The fraction of sp³-hybridized carbons (Fsp3) is 0.579. The van der Waals surface area contributed by atoms with Gasteiger partial charge < -0.3 is 25.4 Å². The number of nitrogens with zero attached hydrogens (tertiary/aromatic N) is 1. The maximum Gasteiger partial charge on any atom is 0.422 e. The summed E-state index contributed by atoms with van der Waals surface area (Å²) >= 11 is 0. The molecule has 0 spiro atoms. The Hall–Kier alpha value is -2.65. The van der Waals surface area contributed by atoms with Crippen LogP contribution in [0.25, 0.3) is 0 Å². The molecule has 3 N–H and O–H groups in total. The van der Waals surface area contributed by atoms with Gasteiger partial charge in [0.15, 0.2) is 12.6 Å². The van der Waals surface area contributed by atoms with Crippen molar-refractivity contribution < 1.29 is 27.4 Å². The third-order valence-electron chi connectivity index (χ3n) is 3.20. The third kappa shape index (κ3) is 11.7. The first-order valence-corrected chi connectivity index (χ1v) is 9.26. The Balaban J connectivity index is 2.59. The molecule has 164 valence electrons. The maximum absolute atomic E-state index is 12.4. The van der Waals surface area contributed by atoms with Crippen molar-refractivity contribution >= 4 is 12.1 Å². The highest BCUT2D eigenvalue weighted by atomic mass is 19.4. The number of aliphatic imine (C=N–C) groups is 1. The van der Waals surface area contributed by atoms with Gasteiger partial charge in [-0.25, -0.2) is 9.79 Å². The number of para-hydroxylation sites is 1. The van der Waals surface area contributed by atoms with E-state index in [1.807, 2.05) is 6.92 Å². The number of hydrogen-bond acceptors (Lipinski definition) is 4. The molecule has 0 atom stereocenters. The molecular weight excluding hydrogens is 389 g/mol. The molecule has 0 aliphatic heterocycles. The number of guanidine groups is 1. The summed E-state index contributed by atoms with van der Waals surface area (Å²) in [7, 11) is 0. The van der Waals surface area contributed by atoms with E-state index >= 15 is 0 Å². The van der Waals surface area contributed by atoms with Crippen LogP contribution in [-0.4, -0.2) is 50.1 Å². The van der Waals surface area contributed by atoms with Gasteiger partial charge in [0.1, 0.15) is 11.4 Å². The molecule has 0 fully saturated rings. The Morgan fingerprint density at radius 3 is 2.34 bits per heavy atom. The molecule has 0 saturated heterocycles. The van der Waals surface area contributed by atoms with Crippen LogP contribution in [0.1, 0.15) is 33.3 Å². The van der Waals surface area contributed by atoms with Crippen LogP contribution in [0, 0.1) is 0 Å². The number of rotatable bonds is 8. The molecule has 0 heterocycles. The molecule has 29 heavy (non-hydrogen) atoms. The average Bonchev–Trinajstić information content (AvgIpc) is 2.60. The number of halogens is 3. The summed E-state index contributed by atoms with van der Waals surface area (Å²) in [5, 5.41) is 8.68. The Morgan fingerprint density at radius 2 is 1.72 bits per heavy atom. The van der Waals surface area contributed by atoms with Crippen molar-refractivity contribution in [2.75, 3.05) is 26.2 Å². The zero-order valence-electron chi connectivity index (χ0n) is 17.2. The van der Waals surface area contributed by atoms with E-state index < -0.39 is 24.5 Å². The molecule has 0 aromatic heterocycles. The van der Waals surface area contributed by atoms with Crippen LogP contribution in [0.2, 0.25) is 0 Å². The van der Waals surface area contributed by atoms with E-state index in [-0.39, 0.29) is 12.3 Å². The second-order valence-electron chi connectivity index (χ2n) is 7.06. The summed E-state index contributed by atoms with van der Waals surface area (Å²) in [4.78, 5) is 16.0. The molecule has 1 amide bonds. The van der Waals surface area contributed by atoms with Gasteiger partial charge in [-0.1, -0.05) is 18.2 Å². The number of nitrogens with one attached hydrogen (secondary N) is 3. The van der Waals surface area contributed by atoms with Crippen molar-refractivity contribution in [2.45, 2.75) is 46.0 Å². The predicted octanol–water partition coefficient (Wildman–Crippen LogP) is 3.21. The lowest BCUT2D eigenvalue weighted by Gasteiger charge is -2.20. The molecule has 1 aromatic carbocycles. The normalized spacial score (nSPS) is 12.3. The fourth-order valence-corrected chi connectivity index (χ4v) is 2.10. The zero-order chi connectivity index (χ0) is 21.9. The highest BCUT2D eigenvalue weighted by Crippen LogP contribution is 2.22. The van der Waals surface area contributed by atoms with Gasteiger partial charge in [0.2, 0.25) is 0 Å². The zero-order valence-corrected chi connectivity index (χ0v) is 17.2. The van der Waals surface area contributed by atoms with Gasteiger partial charge in [0.25, 0.3) is 0 Å². The Kier molecular flexibility index (Phi) is 9.57. The van der Waals surface area contributed by atoms with E-state index in [1.54, 1.807) is 39.0 Å². The van der Waals surface area contributed by atoms with Gasteiger partial charge in [-0.3, -0.25) is 0 Å². The van der Waals surface area contributed by atoms with E-state index in [9.17, 15) is 18.0 Å². The Morgan fingerprint density at radius 1 is 1.07 bits per heavy atom. The first-order valence-electron chi connectivity index (χ1n) is 9.26. The molecule has 0 aliphatic carbocycles. The number of alkyl halides is 3. The molecule has 0 saturated carbocycles. The van der Waals surface area contributed by atoms with Crippen molar-refractivity contribution in [1.82, 2.24) is 16.0 Å². The van der Waals surface area contributed by atoms with Crippen LogP contribution in [0.15, 0.2) is 29.3 Å². The molecule has 0 radical (unpaired) electrons. The Labute approximate surface area is 169 Å². The van der Waals surface area contributed by atoms with Crippen LogP contribution in [0.3, 0.4) is 0 Å². The minimum Gasteiger partial charge on any atom is -0.484 e. The van der Waals surface area contributed by atoms with E-state index in [0.717, 1.165) is 0 Å². The van der Waals surface area contributed by atoms with Crippen LogP contribution >= 0.6 is 0 Å². The smallest absolute Gasteiger partial charge is 0.422 e. The minimum absolute atomic E-state index is 0.128. The Bertz CT molecular complexity index is 673. The molecule has 1 rings (SSSR count). The summed E-state index contributed by atoms with van der Waals surface area (Å²) in [6, 6.07) is 6.44. The second kappa shape index (κ2) is 11.4. The van der Waals surface area contributed by atoms with Gasteiger partial charge in [-0.05, 0) is 33.8 Å². The van der Waals surface area contributed by atoms with E-state index in [2.05, 4.69) is 20.9 Å². The highest BCUT2D eigenvalue weighted by molar-refractivity contribution is 5.79. The minimum atomic E-state index is -4.41. The van der Waals surface area contributed by atoms with Crippen LogP contribution < -0.4 is 20.7 Å².